The third-order valence-corrected chi connectivity index (χ3v) is 5.65. The Balaban J connectivity index is 1.51. The topological polar surface area (TPSA) is 75.4 Å². The van der Waals surface area contributed by atoms with Crippen molar-refractivity contribution in [3.63, 3.8) is 0 Å². The van der Waals surface area contributed by atoms with Gasteiger partial charge in [0, 0.05) is 17.9 Å². The van der Waals surface area contributed by atoms with Crippen LogP contribution in [-0.2, 0) is 10.2 Å². The van der Waals surface area contributed by atoms with Gasteiger partial charge in [0.1, 0.15) is 0 Å². The molecule has 140 valence electrons. The van der Waals surface area contributed by atoms with Crippen molar-refractivity contribution < 1.29 is 4.79 Å². The number of piperidine rings is 2. The van der Waals surface area contributed by atoms with Gasteiger partial charge in [-0.1, -0.05) is 20.8 Å². The van der Waals surface area contributed by atoms with Gasteiger partial charge in [-0.2, -0.15) is 9.61 Å². The summed E-state index contributed by atoms with van der Waals surface area (Å²) < 4.78 is 1.92. The van der Waals surface area contributed by atoms with E-state index in [1.54, 1.807) is 0 Å². The molecule has 2 aliphatic heterocycles. The average molecular weight is 356 g/mol. The fraction of sp³-hybridized carbons (Fsp3) is 0.684. The molecular weight excluding hydrogens is 328 g/mol. The summed E-state index contributed by atoms with van der Waals surface area (Å²) in [4.78, 5) is 14.5. The minimum absolute atomic E-state index is 0.00651. The molecule has 0 saturated carbocycles. The zero-order valence-electron chi connectivity index (χ0n) is 15.9. The van der Waals surface area contributed by atoms with Crippen molar-refractivity contribution >= 4 is 11.6 Å². The molecular formula is C19H28N6O. The van der Waals surface area contributed by atoms with E-state index in [0.717, 1.165) is 62.5 Å². The SMILES string of the molecule is CC(C)(C)c1ccc2nnc(C3CCN(C4CCCNC4=O)CC3)n2n1. The molecule has 0 radical (unpaired) electrons. The maximum Gasteiger partial charge on any atom is 0.237 e. The highest BCUT2D eigenvalue weighted by Gasteiger charge is 2.33. The maximum absolute atomic E-state index is 12.1. The van der Waals surface area contributed by atoms with Crippen LogP contribution in [0.4, 0.5) is 0 Å². The summed E-state index contributed by atoms with van der Waals surface area (Å²) in [6.45, 7) is 9.17. The van der Waals surface area contributed by atoms with Gasteiger partial charge in [0.15, 0.2) is 11.5 Å². The van der Waals surface area contributed by atoms with Crippen LogP contribution < -0.4 is 5.32 Å². The average Bonchev–Trinajstić information content (AvgIpc) is 3.05. The van der Waals surface area contributed by atoms with Crippen LogP contribution in [0.2, 0.25) is 0 Å². The van der Waals surface area contributed by atoms with E-state index in [1.165, 1.54) is 0 Å². The van der Waals surface area contributed by atoms with E-state index in [2.05, 4.69) is 41.2 Å². The number of aromatic nitrogens is 4. The van der Waals surface area contributed by atoms with Crippen LogP contribution in [0, 0.1) is 0 Å². The second-order valence-corrected chi connectivity index (χ2v) is 8.56. The standard InChI is InChI=1S/C19H28N6O/c1-19(2,3)15-6-7-16-21-22-17(25(16)23-15)13-8-11-24(12-9-13)14-5-4-10-20-18(14)26/h6-7,13-14H,4-5,8-12H2,1-3H3,(H,20,26). The smallest absolute Gasteiger partial charge is 0.237 e. The molecule has 4 heterocycles. The summed E-state index contributed by atoms with van der Waals surface area (Å²) in [5, 5.41) is 16.6. The second kappa shape index (κ2) is 6.61. The number of hydrogen-bond donors (Lipinski definition) is 1. The highest BCUT2D eigenvalue weighted by molar-refractivity contribution is 5.82. The Labute approximate surface area is 154 Å². The zero-order chi connectivity index (χ0) is 18.3. The van der Waals surface area contributed by atoms with Crippen LogP contribution >= 0.6 is 0 Å². The summed E-state index contributed by atoms with van der Waals surface area (Å²) >= 11 is 0. The van der Waals surface area contributed by atoms with Gasteiger partial charge < -0.3 is 5.32 Å². The van der Waals surface area contributed by atoms with Crippen molar-refractivity contribution in [3.05, 3.63) is 23.7 Å². The number of rotatable bonds is 2. The Morgan fingerprint density at radius 1 is 1.12 bits per heavy atom. The predicted molar refractivity (Wildman–Crippen MR) is 99.1 cm³/mol. The molecule has 7 heteroatoms. The molecule has 7 nitrogen and oxygen atoms in total. The van der Waals surface area contributed by atoms with E-state index in [-0.39, 0.29) is 17.4 Å². The maximum atomic E-state index is 12.1. The molecule has 2 fully saturated rings. The molecule has 2 aromatic rings. The normalized spacial score (nSPS) is 23.3. The molecule has 26 heavy (non-hydrogen) atoms. The first-order valence-electron chi connectivity index (χ1n) is 9.68. The van der Waals surface area contributed by atoms with Crippen molar-refractivity contribution in [2.75, 3.05) is 19.6 Å². The molecule has 0 aliphatic carbocycles. The number of amides is 1. The molecule has 0 bridgehead atoms. The summed E-state index contributed by atoms with van der Waals surface area (Å²) in [6, 6.07) is 4.09. The summed E-state index contributed by atoms with van der Waals surface area (Å²) in [6.07, 6.45) is 4.03. The van der Waals surface area contributed by atoms with Crippen LogP contribution in [0.5, 0.6) is 0 Å². The molecule has 0 aromatic carbocycles. The molecule has 2 saturated heterocycles. The highest BCUT2D eigenvalue weighted by Crippen LogP contribution is 2.29. The molecule has 1 amide bonds. The van der Waals surface area contributed by atoms with Crippen LogP contribution in [0.25, 0.3) is 5.65 Å². The molecule has 0 spiro atoms. The van der Waals surface area contributed by atoms with Crippen molar-refractivity contribution in [1.29, 1.82) is 0 Å². The third-order valence-electron chi connectivity index (χ3n) is 5.65. The fourth-order valence-corrected chi connectivity index (χ4v) is 4.03. The van der Waals surface area contributed by atoms with Gasteiger partial charge >= 0.3 is 0 Å². The van der Waals surface area contributed by atoms with Crippen LogP contribution in [-0.4, -0.2) is 56.3 Å². The van der Waals surface area contributed by atoms with E-state index in [4.69, 9.17) is 5.10 Å². The Morgan fingerprint density at radius 2 is 1.88 bits per heavy atom. The molecule has 4 rings (SSSR count). The van der Waals surface area contributed by atoms with Gasteiger partial charge in [0.2, 0.25) is 5.91 Å². The quantitative estimate of drug-likeness (QED) is 0.889. The first-order valence-corrected chi connectivity index (χ1v) is 9.68. The summed E-state index contributed by atoms with van der Waals surface area (Å²) in [7, 11) is 0. The number of nitrogens with one attached hydrogen (secondary N) is 1. The lowest BCUT2D eigenvalue weighted by Gasteiger charge is -2.37. The van der Waals surface area contributed by atoms with Crippen molar-refractivity contribution in [2.24, 2.45) is 0 Å². The number of fused-ring (bicyclic) bond motifs is 1. The molecule has 2 aromatic heterocycles. The first kappa shape index (κ1) is 17.4. The predicted octanol–water partition coefficient (Wildman–Crippen LogP) is 1.88. The van der Waals surface area contributed by atoms with E-state index >= 15 is 0 Å². The van der Waals surface area contributed by atoms with Crippen LogP contribution in [0.1, 0.15) is 63.9 Å². The number of carbonyl (C=O) groups excluding carboxylic acids is 1. The Bertz CT molecular complexity index is 800. The lowest BCUT2D eigenvalue weighted by molar-refractivity contribution is -0.128. The number of carbonyl (C=O) groups is 1. The Kier molecular flexibility index (Phi) is 4.42. The largest absolute Gasteiger partial charge is 0.355 e. The van der Waals surface area contributed by atoms with Crippen molar-refractivity contribution in [1.82, 2.24) is 30.0 Å². The summed E-state index contributed by atoms with van der Waals surface area (Å²) in [5.41, 5.74) is 1.84. The molecule has 2 aliphatic rings. The van der Waals surface area contributed by atoms with Gasteiger partial charge in [-0.05, 0) is 50.9 Å². The minimum Gasteiger partial charge on any atom is -0.355 e. The number of likely N-dealkylation sites (tertiary alicyclic amines) is 1. The molecule has 1 N–H and O–H groups in total. The first-order chi connectivity index (χ1) is 12.4. The van der Waals surface area contributed by atoms with Crippen LogP contribution in [0.3, 0.4) is 0 Å². The van der Waals surface area contributed by atoms with Gasteiger partial charge in [-0.25, -0.2) is 0 Å². The van der Waals surface area contributed by atoms with E-state index in [9.17, 15) is 4.79 Å². The zero-order valence-corrected chi connectivity index (χ0v) is 15.9. The van der Waals surface area contributed by atoms with E-state index in [1.807, 2.05) is 16.6 Å². The third kappa shape index (κ3) is 3.20. The monoisotopic (exact) mass is 356 g/mol. The van der Waals surface area contributed by atoms with E-state index < -0.39 is 0 Å². The Morgan fingerprint density at radius 3 is 2.58 bits per heavy atom. The second-order valence-electron chi connectivity index (χ2n) is 8.56. The van der Waals surface area contributed by atoms with E-state index in [0.29, 0.717) is 5.92 Å². The van der Waals surface area contributed by atoms with Crippen molar-refractivity contribution in [2.45, 2.75) is 63.8 Å². The lowest BCUT2D eigenvalue weighted by Crippen LogP contribution is -2.52. The van der Waals surface area contributed by atoms with Gasteiger partial charge in [0.05, 0.1) is 11.7 Å². The van der Waals surface area contributed by atoms with Gasteiger partial charge in [-0.3, -0.25) is 9.69 Å². The Hall–Kier alpha value is -2.02. The van der Waals surface area contributed by atoms with Crippen molar-refractivity contribution in [3.8, 4) is 0 Å². The number of hydrogen-bond acceptors (Lipinski definition) is 5. The number of nitrogens with zero attached hydrogens (tertiary/aromatic N) is 5. The van der Waals surface area contributed by atoms with Gasteiger partial charge in [0.25, 0.3) is 0 Å². The van der Waals surface area contributed by atoms with Crippen LogP contribution in [0.15, 0.2) is 12.1 Å². The fourth-order valence-electron chi connectivity index (χ4n) is 4.03. The minimum atomic E-state index is -0.00651. The molecule has 1 unspecified atom stereocenters. The molecule has 1 atom stereocenters. The van der Waals surface area contributed by atoms with Gasteiger partial charge in [-0.15, -0.1) is 10.2 Å². The highest BCUT2D eigenvalue weighted by atomic mass is 16.2. The summed E-state index contributed by atoms with van der Waals surface area (Å²) in [5.74, 6) is 1.49. The lowest BCUT2D eigenvalue weighted by atomic mass is 9.92.